The second-order valence-corrected chi connectivity index (χ2v) is 9.99. The zero-order valence-corrected chi connectivity index (χ0v) is 19.5. The number of fused-ring (bicyclic) bond motifs is 1. The molecule has 1 unspecified atom stereocenters. The minimum atomic E-state index is -3.84. The van der Waals surface area contributed by atoms with Crippen molar-refractivity contribution in [3.05, 3.63) is 65.2 Å². The van der Waals surface area contributed by atoms with E-state index in [0.717, 1.165) is 11.1 Å². The Balaban J connectivity index is 1.69. The Labute approximate surface area is 193 Å². The fourth-order valence-electron chi connectivity index (χ4n) is 3.40. The van der Waals surface area contributed by atoms with Gasteiger partial charge in [-0.25, -0.2) is 18.0 Å². The minimum Gasteiger partial charge on any atom is -0.449 e. The molecule has 0 saturated heterocycles. The number of urea groups is 1. The summed E-state index contributed by atoms with van der Waals surface area (Å²) < 4.78 is 32.9. The number of rotatable bonds is 6. The van der Waals surface area contributed by atoms with Gasteiger partial charge < -0.3 is 10.1 Å². The molecule has 1 atom stereocenters. The second-order valence-electron chi connectivity index (χ2n) is 8.05. The number of nitrogens with one attached hydrogen (secondary N) is 2. The van der Waals surface area contributed by atoms with Gasteiger partial charge in [-0.1, -0.05) is 30.3 Å². The molecule has 0 bridgehead atoms. The van der Waals surface area contributed by atoms with Crippen LogP contribution in [0, 0.1) is 0 Å². The number of nitrogens with zero attached hydrogens (tertiary/aromatic N) is 1. The molecule has 0 aromatic heterocycles. The third-order valence-corrected chi connectivity index (χ3v) is 6.95. The summed E-state index contributed by atoms with van der Waals surface area (Å²) in [5.74, 6) is -1.67. The van der Waals surface area contributed by atoms with E-state index in [2.05, 4.69) is 10.6 Å². The molecule has 1 aliphatic rings. The second kappa shape index (κ2) is 10.1. The minimum absolute atomic E-state index is 0.0141. The van der Waals surface area contributed by atoms with Gasteiger partial charge in [-0.05, 0) is 56.5 Å². The first kappa shape index (κ1) is 24.4. The molecule has 2 aromatic carbocycles. The molecule has 176 valence electrons. The van der Waals surface area contributed by atoms with Gasteiger partial charge in [-0.15, -0.1) is 0 Å². The molecule has 2 aromatic rings. The number of carbonyl (C=O) groups excluding carboxylic acids is 3. The van der Waals surface area contributed by atoms with Crippen LogP contribution in [0.15, 0.2) is 53.4 Å². The van der Waals surface area contributed by atoms with Crippen LogP contribution in [0.4, 0.5) is 4.79 Å². The molecule has 33 heavy (non-hydrogen) atoms. The molecule has 9 nitrogen and oxygen atoms in total. The number of sulfonamides is 1. The Morgan fingerprint density at radius 1 is 1.00 bits per heavy atom. The Kier molecular flexibility index (Phi) is 7.50. The molecule has 2 N–H and O–H groups in total. The van der Waals surface area contributed by atoms with Crippen molar-refractivity contribution in [2.75, 3.05) is 6.54 Å². The highest BCUT2D eigenvalue weighted by atomic mass is 32.2. The normalized spacial score (nSPS) is 14.8. The highest BCUT2D eigenvalue weighted by Gasteiger charge is 2.29. The molecule has 0 spiro atoms. The summed E-state index contributed by atoms with van der Waals surface area (Å²) in [6.07, 6.45) is -0.650. The van der Waals surface area contributed by atoms with E-state index in [-0.39, 0.29) is 23.0 Å². The molecule has 0 radical (unpaired) electrons. The van der Waals surface area contributed by atoms with Crippen molar-refractivity contribution in [2.45, 2.75) is 50.8 Å². The van der Waals surface area contributed by atoms with Gasteiger partial charge in [-0.2, -0.15) is 4.31 Å². The third-order valence-electron chi connectivity index (χ3n) is 5.11. The maximum absolute atomic E-state index is 13.2. The molecule has 3 rings (SSSR count). The van der Waals surface area contributed by atoms with E-state index >= 15 is 0 Å². The van der Waals surface area contributed by atoms with Crippen molar-refractivity contribution in [1.82, 2.24) is 14.9 Å². The largest absolute Gasteiger partial charge is 0.449 e. The standard InChI is InChI=1S/C23H27N3O6S/c1-15(2)24-23(29)25-21(27)16(3)32-22(28)18-9-6-10-20(13-18)33(30,31)26-12-11-17-7-4-5-8-19(17)14-26/h4-10,13,15-16H,11-12,14H2,1-3H3,(H2,24,25,27,29). The number of hydrogen-bond acceptors (Lipinski definition) is 6. The average molecular weight is 474 g/mol. The lowest BCUT2D eigenvalue weighted by molar-refractivity contribution is -0.127. The van der Waals surface area contributed by atoms with E-state index in [1.807, 2.05) is 24.3 Å². The van der Waals surface area contributed by atoms with Gasteiger partial charge in [0.15, 0.2) is 6.10 Å². The van der Waals surface area contributed by atoms with E-state index < -0.39 is 34.0 Å². The first-order chi connectivity index (χ1) is 15.6. The number of hydrogen-bond donors (Lipinski definition) is 2. The summed E-state index contributed by atoms with van der Waals surface area (Å²) in [6, 6.07) is 12.3. The van der Waals surface area contributed by atoms with Gasteiger partial charge in [0, 0.05) is 19.1 Å². The van der Waals surface area contributed by atoms with E-state index in [9.17, 15) is 22.8 Å². The first-order valence-electron chi connectivity index (χ1n) is 10.6. The van der Waals surface area contributed by atoms with Crippen LogP contribution in [0.25, 0.3) is 0 Å². The fourth-order valence-corrected chi connectivity index (χ4v) is 4.87. The van der Waals surface area contributed by atoms with Crippen molar-refractivity contribution in [2.24, 2.45) is 0 Å². The van der Waals surface area contributed by atoms with Gasteiger partial charge in [0.1, 0.15) is 0 Å². The van der Waals surface area contributed by atoms with Crippen LogP contribution in [0.5, 0.6) is 0 Å². The van der Waals surface area contributed by atoms with Crippen molar-refractivity contribution in [1.29, 1.82) is 0 Å². The highest BCUT2D eigenvalue weighted by Crippen LogP contribution is 2.25. The number of amides is 3. The Morgan fingerprint density at radius 3 is 2.39 bits per heavy atom. The Bertz CT molecular complexity index is 1160. The van der Waals surface area contributed by atoms with Crippen molar-refractivity contribution in [3.8, 4) is 0 Å². The van der Waals surface area contributed by atoms with Gasteiger partial charge in [0.25, 0.3) is 5.91 Å². The van der Waals surface area contributed by atoms with Crippen LogP contribution in [0.3, 0.4) is 0 Å². The van der Waals surface area contributed by atoms with Crippen LogP contribution in [0.2, 0.25) is 0 Å². The lowest BCUT2D eigenvalue weighted by Crippen LogP contribution is -2.46. The van der Waals surface area contributed by atoms with E-state index in [1.165, 1.54) is 35.5 Å². The topological polar surface area (TPSA) is 122 Å². The van der Waals surface area contributed by atoms with Crippen LogP contribution in [-0.2, 0) is 32.5 Å². The quantitative estimate of drug-likeness (QED) is 0.621. The lowest BCUT2D eigenvalue weighted by Gasteiger charge is -2.28. The van der Waals surface area contributed by atoms with Gasteiger partial charge in [-0.3, -0.25) is 10.1 Å². The monoisotopic (exact) mass is 473 g/mol. The molecule has 0 fully saturated rings. The highest BCUT2D eigenvalue weighted by molar-refractivity contribution is 7.89. The van der Waals surface area contributed by atoms with E-state index in [0.29, 0.717) is 13.0 Å². The summed E-state index contributed by atoms with van der Waals surface area (Å²) in [4.78, 5) is 36.2. The van der Waals surface area contributed by atoms with Crippen LogP contribution in [0.1, 0.15) is 42.3 Å². The zero-order chi connectivity index (χ0) is 24.2. The number of benzene rings is 2. The van der Waals surface area contributed by atoms with Crippen molar-refractivity contribution in [3.63, 3.8) is 0 Å². The molecule has 1 heterocycles. The summed E-state index contributed by atoms with van der Waals surface area (Å²) in [5, 5.41) is 4.58. The van der Waals surface area contributed by atoms with Gasteiger partial charge in [0.05, 0.1) is 10.5 Å². The summed E-state index contributed by atoms with van der Waals surface area (Å²) >= 11 is 0. The molecular formula is C23H27N3O6S. The summed E-state index contributed by atoms with van der Waals surface area (Å²) in [6.45, 7) is 5.38. The van der Waals surface area contributed by atoms with E-state index in [4.69, 9.17) is 4.74 Å². The Morgan fingerprint density at radius 2 is 1.70 bits per heavy atom. The summed E-state index contributed by atoms with van der Waals surface area (Å²) in [7, 11) is -3.84. The van der Waals surface area contributed by atoms with Crippen LogP contribution in [-0.4, -0.2) is 49.3 Å². The van der Waals surface area contributed by atoms with E-state index in [1.54, 1.807) is 13.8 Å². The molecule has 0 saturated carbocycles. The van der Waals surface area contributed by atoms with Crippen LogP contribution >= 0.6 is 0 Å². The van der Waals surface area contributed by atoms with Gasteiger partial charge in [0.2, 0.25) is 10.0 Å². The third kappa shape index (κ3) is 5.96. The molecular weight excluding hydrogens is 446 g/mol. The molecule has 10 heteroatoms. The first-order valence-corrected chi connectivity index (χ1v) is 12.0. The number of ether oxygens (including phenoxy) is 1. The van der Waals surface area contributed by atoms with Crippen molar-refractivity contribution >= 4 is 27.9 Å². The maximum Gasteiger partial charge on any atom is 0.338 e. The number of carbonyl (C=O) groups is 3. The zero-order valence-electron chi connectivity index (χ0n) is 18.7. The van der Waals surface area contributed by atoms with Crippen LogP contribution < -0.4 is 10.6 Å². The smallest absolute Gasteiger partial charge is 0.338 e. The summed E-state index contributed by atoms with van der Waals surface area (Å²) in [5.41, 5.74) is 2.06. The fraction of sp³-hybridized carbons (Fsp3) is 0.348. The molecule has 0 aliphatic carbocycles. The van der Waals surface area contributed by atoms with Gasteiger partial charge >= 0.3 is 12.0 Å². The number of imide groups is 1. The average Bonchev–Trinajstić information content (AvgIpc) is 2.78. The predicted molar refractivity (Wildman–Crippen MR) is 121 cm³/mol. The number of esters is 1. The van der Waals surface area contributed by atoms with Crippen molar-refractivity contribution < 1.29 is 27.5 Å². The maximum atomic E-state index is 13.2. The lowest BCUT2D eigenvalue weighted by atomic mass is 10.0. The SMILES string of the molecule is CC(C)NC(=O)NC(=O)C(C)OC(=O)c1cccc(S(=O)(=O)N2CCc3ccccc3C2)c1. The molecule has 3 amide bonds. The molecule has 1 aliphatic heterocycles. The predicted octanol–water partition coefficient (Wildman–Crippen LogP) is 2.21. The Hall–Kier alpha value is -3.24.